The van der Waals surface area contributed by atoms with Gasteiger partial charge in [0.2, 0.25) is 5.91 Å². The standard InChI is InChI=1S/C28H30N6OS2/c1-16(2)26(35)31-22-10-9-20(14-17(22)3)34-25(24(32-27(34)36)23-8-6-7-11-29-23)21-15-18(4)33(19(21)5)28-30-12-13-37-28/h6-16,24-25H,1-5H3,(H,31,35)(H,32,36). The van der Waals surface area contributed by atoms with Gasteiger partial charge in [0, 0.05) is 46.5 Å². The lowest BCUT2D eigenvalue weighted by Gasteiger charge is -2.28. The van der Waals surface area contributed by atoms with Gasteiger partial charge < -0.3 is 15.5 Å². The summed E-state index contributed by atoms with van der Waals surface area (Å²) in [5.41, 5.74) is 7.05. The average molecular weight is 531 g/mol. The number of pyridine rings is 1. The van der Waals surface area contributed by atoms with Crippen LogP contribution < -0.4 is 15.5 Å². The first kappa shape index (κ1) is 25.1. The Morgan fingerprint density at radius 3 is 2.57 bits per heavy atom. The second-order valence-electron chi connectivity index (χ2n) is 9.62. The number of hydrogen-bond donors (Lipinski definition) is 2. The Morgan fingerprint density at radius 1 is 1.11 bits per heavy atom. The van der Waals surface area contributed by atoms with E-state index in [9.17, 15) is 4.79 Å². The number of nitrogens with one attached hydrogen (secondary N) is 2. The predicted molar refractivity (Wildman–Crippen MR) is 153 cm³/mol. The van der Waals surface area contributed by atoms with E-state index in [4.69, 9.17) is 12.2 Å². The number of nitrogens with zero attached hydrogens (tertiary/aromatic N) is 4. The van der Waals surface area contributed by atoms with E-state index in [0.29, 0.717) is 5.11 Å². The molecule has 9 heteroatoms. The summed E-state index contributed by atoms with van der Waals surface area (Å²) in [6, 6.07) is 14.0. The van der Waals surface area contributed by atoms with Gasteiger partial charge in [0.05, 0.1) is 17.8 Å². The third-order valence-corrected chi connectivity index (χ3v) is 7.84. The lowest BCUT2D eigenvalue weighted by atomic mass is 9.96. The number of carbonyl (C=O) groups is 1. The molecule has 0 spiro atoms. The molecule has 5 rings (SSSR count). The largest absolute Gasteiger partial charge is 0.351 e. The summed E-state index contributed by atoms with van der Waals surface area (Å²) in [5, 5.41) is 10.1. The van der Waals surface area contributed by atoms with Crippen LogP contribution in [0.25, 0.3) is 5.13 Å². The molecule has 1 fully saturated rings. The third kappa shape index (κ3) is 4.65. The van der Waals surface area contributed by atoms with Gasteiger partial charge in [0.15, 0.2) is 10.2 Å². The van der Waals surface area contributed by atoms with Gasteiger partial charge in [0.1, 0.15) is 0 Å². The molecule has 4 aromatic rings. The fraction of sp³-hybridized carbons (Fsp3) is 0.286. The van der Waals surface area contributed by atoms with Crippen molar-refractivity contribution < 1.29 is 4.79 Å². The lowest BCUT2D eigenvalue weighted by Crippen LogP contribution is -2.29. The summed E-state index contributed by atoms with van der Waals surface area (Å²) in [4.78, 5) is 23.7. The van der Waals surface area contributed by atoms with Crippen molar-refractivity contribution in [2.24, 2.45) is 5.92 Å². The van der Waals surface area contributed by atoms with E-state index in [2.05, 4.69) is 56.0 Å². The number of amides is 1. The van der Waals surface area contributed by atoms with Crippen LogP contribution in [0.2, 0.25) is 0 Å². The third-order valence-electron chi connectivity index (χ3n) is 6.77. The molecule has 1 aliphatic heterocycles. The molecule has 1 aliphatic rings. The molecule has 2 unspecified atom stereocenters. The highest BCUT2D eigenvalue weighted by atomic mass is 32.1. The fourth-order valence-corrected chi connectivity index (χ4v) is 5.97. The number of thiocarbonyl (C=S) groups is 1. The van der Waals surface area contributed by atoms with Crippen LogP contribution >= 0.6 is 23.6 Å². The van der Waals surface area contributed by atoms with Crippen molar-refractivity contribution in [3.8, 4) is 5.13 Å². The summed E-state index contributed by atoms with van der Waals surface area (Å²) in [7, 11) is 0. The minimum atomic E-state index is -0.139. The van der Waals surface area contributed by atoms with Crippen LogP contribution in [0.1, 0.15) is 54.1 Å². The second-order valence-corrected chi connectivity index (χ2v) is 10.9. The molecule has 4 heterocycles. The van der Waals surface area contributed by atoms with Gasteiger partial charge >= 0.3 is 0 Å². The highest BCUT2D eigenvalue weighted by Gasteiger charge is 2.42. The number of carbonyl (C=O) groups excluding carboxylic acids is 1. The normalized spacial score (nSPS) is 17.4. The van der Waals surface area contributed by atoms with Crippen molar-refractivity contribution in [1.82, 2.24) is 19.9 Å². The molecular weight excluding hydrogens is 500 g/mol. The number of rotatable bonds is 6. The number of aromatic nitrogens is 3. The monoisotopic (exact) mass is 530 g/mol. The number of anilines is 2. The van der Waals surface area contributed by atoms with E-state index >= 15 is 0 Å². The van der Waals surface area contributed by atoms with Gasteiger partial charge in [0.25, 0.3) is 0 Å². The Hall–Kier alpha value is -3.56. The maximum Gasteiger partial charge on any atom is 0.226 e. The highest BCUT2D eigenvalue weighted by molar-refractivity contribution is 7.80. The first-order valence-electron chi connectivity index (χ1n) is 12.3. The van der Waals surface area contributed by atoms with Crippen molar-refractivity contribution in [2.75, 3.05) is 10.2 Å². The van der Waals surface area contributed by atoms with Crippen molar-refractivity contribution >= 4 is 45.9 Å². The zero-order chi connectivity index (χ0) is 26.3. The average Bonchev–Trinajstić information content (AvgIpc) is 3.58. The zero-order valence-electron chi connectivity index (χ0n) is 21.5. The van der Waals surface area contributed by atoms with Gasteiger partial charge in [-0.1, -0.05) is 19.9 Å². The van der Waals surface area contributed by atoms with Crippen LogP contribution in [0.3, 0.4) is 0 Å². The van der Waals surface area contributed by atoms with Gasteiger partial charge in [-0.3, -0.25) is 14.3 Å². The first-order valence-corrected chi connectivity index (χ1v) is 13.6. The van der Waals surface area contributed by atoms with Crippen LogP contribution in [0.15, 0.2) is 60.2 Å². The maximum atomic E-state index is 12.3. The van der Waals surface area contributed by atoms with Crippen LogP contribution in [0.5, 0.6) is 0 Å². The van der Waals surface area contributed by atoms with Crippen LogP contribution in [0, 0.1) is 26.7 Å². The Labute approximate surface area is 226 Å². The number of aryl methyl sites for hydroxylation is 2. The molecule has 1 saturated heterocycles. The van der Waals surface area contributed by atoms with Crippen LogP contribution in [-0.2, 0) is 4.79 Å². The molecule has 7 nitrogen and oxygen atoms in total. The van der Waals surface area contributed by atoms with E-state index in [1.165, 1.54) is 0 Å². The van der Waals surface area contributed by atoms with Gasteiger partial charge in [-0.2, -0.15) is 0 Å². The molecule has 2 atom stereocenters. The number of thiazole rings is 1. The molecule has 0 bridgehead atoms. The number of benzene rings is 1. The summed E-state index contributed by atoms with van der Waals surface area (Å²) in [5.74, 6) is -0.0945. The zero-order valence-corrected chi connectivity index (χ0v) is 23.2. The van der Waals surface area contributed by atoms with Crippen molar-refractivity contribution in [2.45, 2.75) is 46.7 Å². The summed E-state index contributed by atoms with van der Waals surface area (Å²) < 4.78 is 2.20. The van der Waals surface area contributed by atoms with Gasteiger partial charge in [-0.15, -0.1) is 11.3 Å². The van der Waals surface area contributed by atoms with Gasteiger partial charge in [-0.25, -0.2) is 4.98 Å². The summed E-state index contributed by atoms with van der Waals surface area (Å²) >= 11 is 7.54. The van der Waals surface area contributed by atoms with Crippen LogP contribution in [0.4, 0.5) is 11.4 Å². The van der Waals surface area contributed by atoms with E-state index in [1.54, 1.807) is 11.3 Å². The van der Waals surface area contributed by atoms with Crippen LogP contribution in [-0.4, -0.2) is 25.6 Å². The number of hydrogen-bond acceptors (Lipinski definition) is 5. The minimum absolute atomic E-state index is 0.00284. The van der Waals surface area contributed by atoms with Gasteiger partial charge in [-0.05, 0) is 80.5 Å². The molecule has 0 radical (unpaired) electrons. The van der Waals surface area contributed by atoms with E-state index in [-0.39, 0.29) is 23.9 Å². The Kier molecular flexibility index (Phi) is 6.83. The lowest BCUT2D eigenvalue weighted by molar-refractivity contribution is -0.118. The Morgan fingerprint density at radius 2 is 1.92 bits per heavy atom. The molecule has 3 aromatic heterocycles. The van der Waals surface area contributed by atoms with Crippen molar-refractivity contribution in [3.63, 3.8) is 0 Å². The molecule has 0 aliphatic carbocycles. The fourth-order valence-electron chi connectivity index (χ4n) is 4.87. The Bertz CT molecular complexity index is 1450. The smallest absolute Gasteiger partial charge is 0.226 e. The van der Waals surface area contributed by atoms with E-state index in [0.717, 1.165) is 44.7 Å². The molecular formula is C28H30N6OS2. The summed E-state index contributed by atoms with van der Waals surface area (Å²) in [6.07, 6.45) is 3.64. The topological polar surface area (TPSA) is 75.1 Å². The maximum absolute atomic E-state index is 12.3. The minimum Gasteiger partial charge on any atom is -0.351 e. The highest BCUT2D eigenvalue weighted by Crippen LogP contribution is 2.44. The summed E-state index contributed by atoms with van der Waals surface area (Å²) in [6.45, 7) is 10.0. The molecule has 2 N–H and O–H groups in total. The quantitative estimate of drug-likeness (QED) is 0.297. The molecule has 0 saturated carbocycles. The molecule has 1 aromatic carbocycles. The molecule has 190 valence electrons. The van der Waals surface area contributed by atoms with Crippen molar-refractivity contribution in [1.29, 1.82) is 0 Å². The molecule has 37 heavy (non-hydrogen) atoms. The predicted octanol–water partition coefficient (Wildman–Crippen LogP) is 6.03. The second kappa shape index (κ2) is 10.1. The first-order chi connectivity index (χ1) is 17.8. The van der Waals surface area contributed by atoms with E-state index in [1.807, 2.05) is 68.9 Å². The SMILES string of the molecule is Cc1cc(N2C(=S)NC(c3ccccn3)C2c2cc(C)n(-c3nccs3)c2C)ccc1NC(=O)C(C)C. The van der Waals surface area contributed by atoms with Crippen molar-refractivity contribution in [3.05, 3.63) is 88.4 Å². The molecule has 1 amide bonds. The van der Waals surface area contributed by atoms with E-state index < -0.39 is 0 Å². The Balaban J connectivity index is 1.61.